The SMILES string of the molecule is O=C(O)CCc1cccc(N2CC3CC2CS3(=O)=O)c1. The van der Waals surface area contributed by atoms with Gasteiger partial charge in [0.15, 0.2) is 9.84 Å². The van der Waals surface area contributed by atoms with Gasteiger partial charge in [-0.1, -0.05) is 12.1 Å². The van der Waals surface area contributed by atoms with E-state index in [-0.39, 0.29) is 23.5 Å². The van der Waals surface area contributed by atoms with E-state index in [0.717, 1.165) is 17.7 Å². The minimum atomic E-state index is -2.88. The summed E-state index contributed by atoms with van der Waals surface area (Å²) in [7, 11) is -2.88. The smallest absolute Gasteiger partial charge is 0.303 e. The average molecular weight is 295 g/mol. The van der Waals surface area contributed by atoms with Crippen molar-refractivity contribution in [2.75, 3.05) is 17.2 Å². The molecule has 2 bridgehead atoms. The molecule has 2 saturated heterocycles. The van der Waals surface area contributed by atoms with Crippen LogP contribution in [-0.2, 0) is 21.1 Å². The number of hydrogen-bond donors (Lipinski definition) is 1. The quantitative estimate of drug-likeness (QED) is 0.899. The van der Waals surface area contributed by atoms with Gasteiger partial charge in [0, 0.05) is 24.7 Å². The van der Waals surface area contributed by atoms with Crippen molar-refractivity contribution in [1.82, 2.24) is 0 Å². The van der Waals surface area contributed by atoms with Crippen molar-refractivity contribution >= 4 is 21.5 Å². The Morgan fingerprint density at radius 2 is 2.20 bits per heavy atom. The summed E-state index contributed by atoms with van der Waals surface area (Å²) in [6, 6.07) is 7.86. The second-order valence-corrected chi connectivity index (χ2v) is 7.88. The first-order valence-electron chi connectivity index (χ1n) is 6.74. The third-order valence-corrected chi connectivity index (χ3v) is 6.39. The largest absolute Gasteiger partial charge is 0.481 e. The van der Waals surface area contributed by atoms with Crippen LogP contribution in [0.15, 0.2) is 24.3 Å². The number of hydrogen-bond acceptors (Lipinski definition) is 4. The number of sulfone groups is 1. The number of fused-ring (bicyclic) bond motifs is 2. The van der Waals surface area contributed by atoms with Gasteiger partial charge in [0.2, 0.25) is 0 Å². The maximum Gasteiger partial charge on any atom is 0.303 e. The van der Waals surface area contributed by atoms with Crippen LogP contribution in [0.1, 0.15) is 18.4 Å². The normalized spacial score (nSPS) is 26.9. The van der Waals surface area contributed by atoms with Crippen molar-refractivity contribution < 1.29 is 18.3 Å². The number of nitrogens with zero attached hydrogens (tertiary/aromatic N) is 1. The van der Waals surface area contributed by atoms with Crippen LogP contribution < -0.4 is 4.90 Å². The molecule has 2 heterocycles. The lowest BCUT2D eigenvalue weighted by Gasteiger charge is -2.29. The molecule has 0 aromatic heterocycles. The van der Waals surface area contributed by atoms with E-state index in [2.05, 4.69) is 4.90 Å². The lowest BCUT2D eigenvalue weighted by molar-refractivity contribution is -0.136. The molecule has 2 unspecified atom stereocenters. The van der Waals surface area contributed by atoms with Gasteiger partial charge in [-0.3, -0.25) is 4.79 Å². The molecule has 0 spiro atoms. The summed E-state index contributed by atoms with van der Waals surface area (Å²) >= 11 is 0. The van der Waals surface area contributed by atoms with E-state index in [1.807, 2.05) is 24.3 Å². The Labute approximate surface area is 118 Å². The summed E-state index contributed by atoms with van der Waals surface area (Å²) in [6.45, 7) is 0.565. The van der Waals surface area contributed by atoms with E-state index < -0.39 is 15.8 Å². The molecule has 3 rings (SSSR count). The number of aliphatic carboxylic acids is 1. The Morgan fingerprint density at radius 1 is 1.40 bits per heavy atom. The average Bonchev–Trinajstić information content (AvgIpc) is 2.92. The summed E-state index contributed by atoms with van der Waals surface area (Å²) < 4.78 is 23.5. The lowest BCUT2D eigenvalue weighted by atomic mass is 10.1. The van der Waals surface area contributed by atoms with E-state index in [0.29, 0.717) is 13.0 Å². The third-order valence-electron chi connectivity index (χ3n) is 4.18. The molecule has 0 aliphatic carbocycles. The fraction of sp³-hybridized carbons (Fsp3) is 0.500. The molecule has 1 N–H and O–H groups in total. The number of rotatable bonds is 4. The predicted molar refractivity (Wildman–Crippen MR) is 75.7 cm³/mol. The van der Waals surface area contributed by atoms with Gasteiger partial charge >= 0.3 is 5.97 Å². The molecule has 20 heavy (non-hydrogen) atoms. The summed E-state index contributed by atoms with van der Waals surface area (Å²) in [5.74, 6) is -0.557. The molecule has 6 heteroatoms. The molecule has 2 aliphatic rings. The van der Waals surface area contributed by atoms with Crippen LogP contribution in [-0.4, -0.2) is 43.1 Å². The monoisotopic (exact) mass is 295 g/mol. The zero-order chi connectivity index (χ0) is 14.3. The molecule has 2 atom stereocenters. The van der Waals surface area contributed by atoms with E-state index in [9.17, 15) is 13.2 Å². The molecule has 2 aliphatic heterocycles. The van der Waals surface area contributed by atoms with Crippen molar-refractivity contribution in [3.8, 4) is 0 Å². The van der Waals surface area contributed by atoms with E-state index in [4.69, 9.17) is 5.11 Å². The van der Waals surface area contributed by atoms with Gasteiger partial charge in [-0.2, -0.15) is 0 Å². The summed E-state index contributed by atoms with van der Waals surface area (Å²) in [6.07, 6.45) is 1.34. The van der Waals surface area contributed by atoms with Gasteiger partial charge in [-0.25, -0.2) is 8.42 Å². The van der Waals surface area contributed by atoms with Crippen LogP contribution >= 0.6 is 0 Å². The zero-order valence-electron chi connectivity index (χ0n) is 11.0. The molecule has 0 saturated carbocycles. The lowest BCUT2D eigenvalue weighted by Crippen LogP contribution is -2.40. The maximum absolute atomic E-state index is 11.8. The highest BCUT2D eigenvalue weighted by atomic mass is 32.2. The van der Waals surface area contributed by atoms with Gasteiger partial charge < -0.3 is 10.0 Å². The summed E-state index contributed by atoms with van der Waals surface area (Å²) in [4.78, 5) is 12.8. The summed E-state index contributed by atoms with van der Waals surface area (Å²) in [5.41, 5.74) is 1.99. The van der Waals surface area contributed by atoms with Crippen molar-refractivity contribution in [2.24, 2.45) is 0 Å². The van der Waals surface area contributed by atoms with Gasteiger partial charge in [0.1, 0.15) is 0 Å². The predicted octanol–water partition coefficient (Wildman–Crippen LogP) is 1.08. The van der Waals surface area contributed by atoms with Crippen LogP contribution in [0.2, 0.25) is 0 Å². The fourth-order valence-electron chi connectivity index (χ4n) is 3.15. The maximum atomic E-state index is 11.8. The number of aryl methyl sites for hydroxylation is 1. The molecular formula is C14H17NO4S. The molecule has 1 aromatic rings. The van der Waals surface area contributed by atoms with Crippen LogP contribution in [0.4, 0.5) is 5.69 Å². The van der Waals surface area contributed by atoms with Crippen LogP contribution in [0.5, 0.6) is 0 Å². The van der Waals surface area contributed by atoms with Crippen molar-refractivity contribution in [1.29, 1.82) is 0 Å². The topological polar surface area (TPSA) is 74.7 Å². The number of benzene rings is 1. The first-order valence-corrected chi connectivity index (χ1v) is 8.46. The molecular weight excluding hydrogens is 278 g/mol. The molecule has 108 valence electrons. The molecule has 5 nitrogen and oxygen atoms in total. The molecule has 0 amide bonds. The van der Waals surface area contributed by atoms with Crippen molar-refractivity contribution in [2.45, 2.75) is 30.6 Å². The number of anilines is 1. The van der Waals surface area contributed by atoms with Crippen molar-refractivity contribution in [3.63, 3.8) is 0 Å². The second kappa shape index (κ2) is 4.77. The highest BCUT2D eigenvalue weighted by molar-refractivity contribution is 7.92. The van der Waals surface area contributed by atoms with E-state index in [1.54, 1.807) is 0 Å². The van der Waals surface area contributed by atoms with Gasteiger partial charge in [0.25, 0.3) is 0 Å². The first-order chi connectivity index (χ1) is 9.45. The Bertz CT molecular complexity index is 640. The van der Waals surface area contributed by atoms with Gasteiger partial charge in [-0.05, 0) is 30.5 Å². The van der Waals surface area contributed by atoms with E-state index in [1.165, 1.54) is 0 Å². The minimum Gasteiger partial charge on any atom is -0.481 e. The Balaban J connectivity index is 1.76. The Kier molecular flexibility index (Phi) is 3.20. The Morgan fingerprint density at radius 3 is 2.80 bits per heavy atom. The molecule has 1 aromatic carbocycles. The highest BCUT2D eigenvalue weighted by Crippen LogP contribution is 2.36. The first kappa shape index (κ1) is 13.4. The number of carboxylic acid groups (broad SMARTS) is 1. The Hall–Kier alpha value is -1.56. The number of carbonyl (C=O) groups is 1. The van der Waals surface area contributed by atoms with Crippen LogP contribution in [0.25, 0.3) is 0 Å². The minimum absolute atomic E-state index is 0.0831. The van der Waals surface area contributed by atoms with Crippen molar-refractivity contribution in [3.05, 3.63) is 29.8 Å². The molecule has 2 fully saturated rings. The van der Waals surface area contributed by atoms with Gasteiger partial charge in [0.05, 0.1) is 11.0 Å². The summed E-state index contributed by atoms with van der Waals surface area (Å²) in [5, 5.41) is 8.50. The molecule has 0 radical (unpaired) electrons. The zero-order valence-corrected chi connectivity index (χ0v) is 11.8. The highest BCUT2D eigenvalue weighted by Gasteiger charge is 2.48. The standard InChI is InChI=1S/C14H17NO4S/c16-14(17)5-4-10-2-1-3-11(6-10)15-8-13-7-12(15)9-20(13,18)19/h1-3,6,12-13H,4-5,7-9H2,(H,16,17). The van der Waals surface area contributed by atoms with Crippen LogP contribution in [0, 0.1) is 0 Å². The number of carboxylic acids is 1. The second-order valence-electron chi connectivity index (χ2n) is 5.56. The van der Waals surface area contributed by atoms with E-state index >= 15 is 0 Å². The third kappa shape index (κ3) is 2.40. The van der Waals surface area contributed by atoms with Crippen LogP contribution in [0.3, 0.4) is 0 Å². The van der Waals surface area contributed by atoms with Gasteiger partial charge in [-0.15, -0.1) is 0 Å². The fourth-order valence-corrected chi connectivity index (χ4v) is 5.18.